The van der Waals surface area contributed by atoms with Crippen LogP contribution >= 0.6 is 0 Å². The van der Waals surface area contributed by atoms with Crippen LogP contribution in [0.15, 0.2) is 6.20 Å². The minimum absolute atomic E-state index is 0.0421. The Kier molecular flexibility index (Phi) is 3.48. The average Bonchev–Trinajstić information content (AvgIpc) is 2.71. The number of likely N-dealkylation sites (N-methyl/N-ethyl adjacent to an activating group) is 1. The smallest absolute Gasteiger partial charge is 0.330 e. The number of anilines is 1. The van der Waals surface area contributed by atoms with Gasteiger partial charge in [-0.2, -0.15) is 0 Å². The molecule has 8 heteroatoms. The molecule has 1 aromatic rings. The van der Waals surface area contributed by atoms with E-state index in [0.717, 1.165) is 13.1 Å². The zero-order valence-corrected chi connectivity index (χ0v) is 10.6. The molecule has 0 amide bonds. The van der Waals surface area contributed by atoms with E-state index in [9.17, 15) is 10.1 Å². The molecule has 1 aromatic heterocycles. The first-order chi connectivity index (χ1) is 8.52. The maximum Gasteiger partial charge on any atom is 0.330 e. The van der Waals surface area contributed by atoms with Gasteiger partial charge in [0.25, 0.3) is 0 Å². The molecule has 1 unspecified atom stereocenters. The van der Waals surface area contributed by atoms with Gasteiger partial charge in [0.05, 0.1) is 11.0 Å². The lowest BCUT2D eigenvalue weighted by molar-refractivity contribution is -0.384. The van der Waals surface area contributed by atoms with E-state index < -0.39 is 4.92 Å². The number of hydrogen-bond donors (Lipinski definition) is 1. The van der Waals surface area contributed by atoms with Gasteiger partial charge < -0.3 is 15.5 Å². The summed E-state index contributed by atoms with van der Waals surface area (Å²) in [5.41, 5.74) is 5.80. The minimum Gasteiger partial charge on any atom is -0.343 e. The molecule has 1 aliphatic rings. The molecule has 18 heavy (non-hydrogen) atoms. The molecule has 0 spiro atoms. The van der Waals surface area contributed by atoms with E-state index >= 15 is 0 Å². The standard InChI is InChI=1S/C10H18N6O2/c1-13-3-4-15(8(5-11)6-13)10-9(16(17)18)7-14(2)12-10/h7-8H,3-6,11H2,1-2H3. The normalized spacial score (nSPS) is 21.3. The van der Waals surface area contributed by atoms with Crippen LogP contribution in [0.4, 0.5) is 11.5 Å². The second-order valence-corrected chi connectivity index (χ2v) is 4.61. The molecule has 100 valence electrons. The molecule has 2 N–H and O–H groups in total. The van der Waals surface area contributed by atoms with Crippen molar-refractivity contribution in [1.82, 2.24) is 14.7 Å². The maximum absolute atomic E-state index is 11.0. The molecule has 1 fully saturated rings. The SMILES string of the molecule is CN1CCN(c2nn(C)cc2[N+](=O)[O-])C(CN)C1. The van der Waals surface area contributed by atoms with Crippen LogP contribution in [0.1, 0.15) is 0 Å². The summed E-state index contributed by atoms with van der Waals surface area (Å²) in [6.45, 7) is 2.81. The van der Waals surface area contributed by atoms with Crippen molar-refractivity contribution in [2.45, 2.75) is 6.04 Å². The predicted octanol–water partition coefficient (Wildman–Crippen LogP) is -0.593. The third-order valence-electron chi connectivity index (χ3n) is 3.22. The number of piperazine rings is 1. The van der Waals surface area contributed by atoms with Crippen molar-refractivity contribution in [1.29, 1.82) is 0 Å². The van der Waals surface area contributed by atoms with Crippen LogP contribution in [0.5, 0.6) is 0 Å². The Morgan fingerprint density at radius 1 is 1.56 bits per heavy atom. The summed E-state index contributed by atoms with van der Waals surface area (Å²) in [4.78, 5) is 14.7. The number of nitrogens with two attached hydrogens (primary N) is 1. The van der Waals surface area contributed by atoms with E-state index in [1.54, 1.807) is 7.05 Å². The lowest BCUT2D eigenvalue weighted by Crippen LogP contribution is -2.55. The van der Waals surface area contributed by atoms with Crippen LogP contribution in [-0.2, 0) is 7.05 Å². The second-order valence-electron chi connectivity index (χ2n) is 4.61. The summed E-state index contributed by atoms with van der Waals surface area (Å²) >= 11 is 0. The van der Waals surface area contributed by atoms with Gasteiger partial charge in [0.2, 0.25) is 5.82 Å². The fourth-order valence-corrected chi connectivity index (χ4v) is 2.29. The Morgan fingerprint density at radius 3 is 2.89 bits per heavy atom. The molecule has 0 aliphatic carbocycles. The van der Waals surface area contributed by atoms with Crippen LogP contribution in [0.3, 0.4) is 0 Å². The summed E-state index contributed by atoms with van der Waals surface area (Å²) in [6, 6.07) is 0.0670. The van der Waals surface area contributed by atoms with Crippen LogP contribution < -0.4 is 10.6 Å². The van der Waals surface area contributed by atoms with Crippen molar-refractivity contribution in [3.63, 3.8) is 0 Å². The predicted molar refractivity (Wildman–Crippen MR) is 67.5 cm³/mol. The van der Waals surface area contributed by atoms with Gasteiger partial charge in [0.1, 0.15) is 6.20 Å². The van der Waals surface area contributed by atoms with Crippen LogP contribution in [0, 0.1) is 10.1 Å². The first-order valence-electron chi connectivity index (χ1n) is 5.86. The number of nitrogens with zero attached hydrogens (tertiary/aromatic N) is 5. The number of hydrogen-bond acceptors (Lipinski definition) is 6. The molecular weight excluding hydrogens is 236 g/mol. The third kappa shape index (κ3) is 2.29. The quantitative estimate of drug-likeness (QED) is 0.572. The molecule has 0 saturated carbocycles. The zero-order chi connectivity index (χ0) is 13.3. The Balaban J connectivity index is 2.32. The van der Waals surface area contributed by atoms with Crippen molar-refractivity contribution >= 4 is 11.5 Å². The van der Waals surface area contributed by atoms with Crippen LogP contribution in [0.25, 0.3) is 0 Å². The summed E-state index contributed by atoms with van der Waals surface area (Å²) in [5.74, 6) is 0.422. The van der Waals surface area contributed by atoms with Crippen molar-refractivity contribution < 1.29 is 4.92 Å². The molecular formula is C10H18N6O2. The van der Waals surface area contributed by atoms with Gasteiger partial charge in [-0.25, -0.2) is 0 Å². The van der Waals surface area contributed by atoms with Gasteiger partial charge in [-0.3, -0.25) is 14.8 Å². The molecule has 2 heterocycles. The molecule has 8 nitrogen and oxygen atoms in total. The van der Waals surface area contributed by atoms with E-state index in [2.05, 4.69) is 10.00 Å². The Hall–Kier alpha value is -1.67. The van der Waals surface area contributed by atoms with Gasteiger partial charge in [0.15, 0.2) is 0 Å². The van der Waals surface area contributed by atoms with Gasteiger partial charge >= 0.3 is 5.69 Å². The highest BCUT2D eigenvalue weighted by atomic mass is 16.6. The van der Waals surface area contributed by atoms with Gasteiger partial charge in [-0.05, 0) is 7.05 Å². The summed E-state index contributed by atoms with van der Waals surface area (Å²) in [6.07, 6.45) is 1.43. The monoisotopic (exact) mass is 254 g/mol. The summed E-state index contributed by atoms with van der Waals surface area (Å²) in [7, 11) is 3.71. The topological polar surface area (TPSA) is 93.5 Å². The Labute approximate surface area is 105 Å². The minimum atomic E-state index is -0.395. The lowest BCUT2D eigenvalue weighted by atomic mass is 10.1. The van der Waals surface area contributed by atoms with E-state index in [1.807, 2.05) is 11.9 Å². The molecule has 2 rings (SSSR count). The van der Waals surface area contributed by atoms with E-state index in [0.29, 0.717) is 18.9 Å². The molecule has 1 saturated heterocycles. The number of aromatic nitrogens is 2. The molecule has 0 bridgehead atoms. The fourth-order valence-electron chi connectivity index (χ4n) is 2.29. The number of rotatable bonds is 3. The van der Waals surface area contributed by atoms with Crippen molar-refractivity contribution in [2.75, 3.05) is 38.1 Å². The molecule has 0 aromatic carbocycles. The fraction of sp³-hybridized carbons (Fsp3) is 0.700. The molecule has 1 atom stereocenters. The van der Waals surface area contributed by atoms with Crippen molar-refractivity contribution in [3.05, 3.63) is 16.3 Å². The van der Waals surface area contributed by atoms with Crippen molar-refractivity contribution in [2.24, 2.45) is 12.8 Å². The average molecular weight is 254 g/mol. The molecule has 1 aliphatic heterocycles. The van der Waals surface area contributed by atoms with Crippen molar-refractivity contribution in [3.8, 4) is 0 Å². The largest absolute Gasteiger partial charge is 0.343 e. The highest BCUT2D eigenvalue weighted by Crippen LogP contribution is 2.28. The second kappa shape index (κ2) is 4.91. The van der Waals surface area contributed by atoms with E-state index in [-0.39, 0.29) is 11.7 Å². The highest BCUT2D eigenvalue weighted by Gasteiger charge is 2.31. The summed E-state index contributed by atoms with van der Waals surface area (Å²) in [5, 5.41) is 15.2. The van der Waals surface area contributed by atoms with Crippen LogP contribution in [0.2, 0.25) is 0 Å². The maximum atomic E-state index is 11.0. The van der Waals surface area contributed by atoms with Gasteiger partial charge in [-0.1, -0.05) is 0 Å². The first kappa shape index (κ1) is 12.8. The third-order valence-corrected chi connectivity index (χ3v) is 3.22. The lowest BCUT2D eigenvalue weighted by Gasteiger charge is -2.39. The van der Waals surface area contributed by atoms with Gasteiger partial charge in [-0.15, -0.1) is 5.10 Å². The Bertz CT molecular complexity index is 446. The first-order valence-corrected chi connectivity index (χ1v) is 5.86. The highest BCUT2D eigenvalue weighted by molar-refractivity contribution is 5.57. The van der Waals surface area contributed by atoms with E-state index in [1.165, 1.54) is 10.9 Å². The zero-order valence-electron chi connectivity index (χ0n) is 10.6. The van der Waals surface area contributed by atoms with Gasteiger partial charge in [0, 0.05) is 33.2 Å². The Morgan fingerprint density at radius 2 is 2.28 bits per heavy atom. The molecule has 0 radical (unpaired) electrons. The van der Waals surface area contributed by atoms with Crippen LogP contribution in [-0.4, -0.2) is 58.9 Å². The summed E-state index contributed by atoms with van der Waals surface area (Å²) < 4.78 is 1.47. The van der Waals surface area contributed by atoms with E-state index in [4.69, 9.17) is 5.73 Å². The number of nitro groups is 1. The number of aryl methyl sites for hydroxylation is 1.